The van der Waals surface area contributed by atoms with Crippen molar-refractivity contribution >= 4 is 5.91 Å². The molecule has 1 aromatic heterocycles. The summed E-state index contributed by atoms with van der Waals surface area (Å²) in [7, 11) is 0. The van der Waals surface area contributed by atoms with Crippen LogP contribution < -0.4 is 4.74 Å². The number of aromatic nitrogens is 2. The molecular weight excluding hydrogens is 290 g/mol. The second kappa shape index (κ2) is 6.77. The number of benzene rings is 1. The quantitative estimate of drug-likeness (QED) is 0.871. The summed E-state index contributed by atoms with van der Waals surface area (Å²) in [5.74, 6) is 1.34. The maximum atomic E-state index is 12.6. The van der Waals surface area contributed by atoms with Gasteiger partial charge in [-0.15, -0.1) is 0 Å². The minimum Gasteiger partial charge on any atom is -0.424 e. The Morgan fingerprint density at radius 3 is 2.78 bits per heavy atom. The van der Waals surface area contributed by atoms with Crippen molar-refractivity contribution in [2.75, 3.05) is 13.1 Å². The lowest BCUT2D eigenvalue weighted by atomic mass is 9.98. The summed E-state index contributed by atoms with van der Waals surface area (Å²) in [6.07, 6.45) is 3.79. The fourth-order valence-electron chi connectivity index (χ4n) is 2.67. The van der Waals surface area contributed by atoms with Crippen molar-refractivity contribution in [2.45, 2.75) is 26.7 Å². The first kappa shape index (κ1) is 15.5. The van der Waals surface area contributed by atoms with Gasteiger partial charge in [-0.05, 0) is 49.9 Å². The summed E-state index contributed by atoms with van der Waals surface area (Å²) >= 11 is 0. The molecule has 2 heterocycles. The van der Waals surface area contributed by atoms with Gasteiger partial charge in [-0.25, -0.2) is 9.97 Å². The Kier molecular flexibility index (Phi) is 4.55. The van der Waals surface area contributed by atoms with Gasteiger partial charge in [0.25, 0.3) is 5.91 Å². The van der Waals surface area contributed by atoms with E-state index in [2.05, 4.69) is 16.9 Å². The molecule has 0 aliphatic carbocycles. The highest BCUT2D eigenvalue weighted by molar-refractivity contribution is 5.94. The Labute approximate surface area is 136 Å². The van der Waals surface area contributed by atoms with Crippen LogP contribution in [0, 0.1) is 12.8 Å². The van der Waals surface area contributed by atoms with Gasteiger partial charge in [0, 0.05) is 30.5 Å². The third kappa shape index (κ3) is 3.86. The SMILES string of the molecule is Cc1ccnc(Oc2cccc(C(=O)N3CCC(C)CC3)c2)n1. The van der Waals surface area contributed by atoms with Crippen molar-refractivity contribution < 1.29 is 9.53 Å². The van der Waals surface area contributed by atoms with E-state index >= 15 is 0 Å². The second-order valence-electron chi connectivity index (χ2n) is 6.09. The fourth-order valence-corrected chi connectivity index (χ4v) is 2.67. The van der Waals surface area contributed by atoms with E-state index in [1.807, 2.05) is 30.0 Å². The molecule has 3 rings (SSSR count). The number of hydrogen-bond donors (Lipinski definition) is 0. The zero-order valence-corrected chi connectivity index (χ0v) is 13.5. The summed E-state index contributed by atoms with van der Waals surface area (Å²) in [6.45, 7) is 5.77. The molecule has 0 atom stereocenters. The average molecular weight is 311 g/mol. The molecule has 0 unspecified atom stereocenters. The molecule has 0 N–H and O–H groups in total. The van der Waals surface area contributed by atoms with Gasteiger partial charge in [0.15, 0.2) is 0 Å². The second-order valence-corrected chi connectivity index (χ2v) is 6.09. The predicted octanol–water partition coefficient (Wildman–Crippen LogP) is 3.45. The molecule has 120 valence electrons. The Morgan fingerprint density at radius 1 is 1.26 bits per heavy atom. The van der Waals surface area contributed by atoms with Crippen LogP contribution in [-0.2, 0) is 0 Å². The highest BCUT2D eigenvalue weighted by Crippen LogP contribution is 2.22. The predicted molar refractivity (Wildman–Crippen MR) is 87.6 cm³/mol. The maximum Gasteiger partial charge on any atom is 0.322 e. The summed E-state index contributed by atoms with van der Waals surface area (Å²) in [5, 5.41) is 0. The molecule has 1 saturated heterocycles. The first-order chi connectivity index (χ1) is 11.1. The third-order valence-corrected chi connectivity index (χ3v) is 4.13. The van der Waals surface area contributed by atoms with Crippen LogP contribution in [0.15, 0.2) is 36.5 Å². The van der Waals surface area contributed by atoms with E-state index in [9.17, 15) is 4.79 Å². The van der Waals surface area contributed by atoms with E-state index in [1.165, 1.54) is 0 Å². The topological polar surface area (TPSA) is 55.3 Å². The monoisotopic (exact) mass is 311 g/mol. The summed E-state index contributed by atoms with van der Waals surface area (Å²) in [4.78, 5) is 22.8. The van der Waals surface area contributed by atoms with Crippen molar-refractivity contribution in [1.29, 1.82) is 0 Å². The Morgan fingerprint density at radius 2 is 2.04 bits per heavy atom. The number of aryl methyl sites for hydroxylation is 1. The number of rotatable bonds is 3. The summed E-state index contributed by atoms with van der Waals surface area (Å²) in [6, 6.07) is 9.31. The molecule has 0 bridgehead atoms. The Balaban J connectivity index is 1.73. The van der Waals surface area contributed by atoms with Crippen molar-refractivity contribution in [2.24, 2.45) is 5.92 Å². The Hall–Kier alpha value is -2.43. The Bertz CT molecular complexity index is 694. The standard InChI is InChI=1S/C18H21N3O2/c1-13-7-10-21(11-8-13)17(22)15-4-3-5-16(12-15)23-18-19-9-6-14(2)20-18/h3-6,9,12-13H,7-8,10-11H2,1-2H3. The summed E-state index contributed by atoms with van der Waals surface area (Å²) < 4.78 is 5.66. The van der Waals surface area contributed by atoms with Gasteiger partial charge in [0.2, 0.25) is 0 Å². The van der Waals surface area contributed by atoms with Gasteiger partial charge in [-0.3, -0.25) is 4.79 Å². The van der Waals surface area contributed by atoms with Crippen LogP contribution in [0.4, 0.5) is 0 Å². The molecule has 1 amide bonds. The van der Waals surface area contributed by atoms with Gasteiger partial charge >= 0.3 is 6.01 Å². The lowest BCUT2D eigenvalue weighted by molar-refractivity contribution is 0.0697. The van der Waals surface area contributed by atoms with E-state index in [4.69, 9.17) is 4.74 Å². The van der Waals surface area contributed by atoms with E-state index < -0.39 is 0 Å². The lowest BCUT2D eigenvalue weighted by Crippen LogP contribution is -2.37. The van der Waals surface area contributed by atoms with Crippen LogP contribution in [0.5, 0.6) is 11.8 Å². The zero-order chi connectivity index (χ0) is 16.2. The molecular formula is C18H21N3O2. The molecule has 0 spiro atoms. The van der Waals surface area contributed by atoms with Crippen LogP contribution >= 0.6 is 0 Å². The van der Waals surface area contributed by atoms with Gasteiger partial charge in [0.1, 0.15) is 5.75 Å². The molecule has 1 aliphatic heterocycles. The number of likely N-dealkylation sites (tertiary alicyclic amines) is 1. The van der Waals surface area contributed by atoms with Crippen molar-refractivity contribution in [3.63, 3.8) is 0 Å². The third-order valence-electron chi connectivity index (χ3n) is 4.13. The number of hydrogen-bond acceptors (Lipinski definition) is 4. The molecule has 0 saturated carbocycles. The van der Waals surface area contributed by atoms with E-state index in [-0.39, 0.29) is 5.91 Å². The maximum absolute atomic E-state index is 12.6. The van der Waals surface area contributed by atoms with Gasteiger partial charge < -0.3 is 9.64 Å². The minimum absolute atomic E-state index is 0.0625. The van der Waals surface area contributed by atoms with Crippen LogP contribution in [-0.4, -0.2) is 33.9 Å². The smallest absolute Gasteiger partial charge is 0.322 e. The molecule has 2 aromatic rings. The molecule has 0 radical (unpaired) electrons. The average Bonchev–Trinajstić information content (AvgIpc) is 2.55. The minimum atomic E-state index is 0.0625. The van der Waals surface area contributed by atoms with Crippen LogP contribution in [0.1, 0.15) is 35.8 Å². The normalized spacial score (nSPS) is 15.5. The van der Waals surface area contributed by atoms with Crippen molar-refractivity contribution in [3.05, 3.63) is 47.8 Å². The highest BCUT2D eigenvalue weighted by Gasteiger charge is 2.21. The van der Waals surface area contributed by atoms with Crippen molar-refractivity contribution in [1.82, 2.24) is 14.9 Å². The largest absolute Gasteiger partial charge is 0.424 e. The molecule has 1 aliphatic rings. The number of ether oxygens (including phenoxy) is 1. The highest BCUT2D eigenvalue weighted by atomic mass is 16.5. The van der Waals surface area contributed by atoms with E-state index in [0.29, 0.717) is 23.2 Å². The molecule has 1 fully saturated rings. The van der Waals surface area contributed by atoms with Crippen molar-refractivity contribution in [3.8, 4) is 11.8 Å². The van der Waals surface area contributed by atoms with Crippen LogP contribution in [0.2, 0.25) is 0 Å². The van der Waals surface area contributed by atoms with Gasteiger partial charge in [-0.1, -0.05) is 13.0 Å². The van der Waals surface area contributed by atoms with Gasteiger partial charge in [0.05, 0.1) is 0 Å². The van der Waals surface area contributed by atoms with Crippen LogP contribution in [0.3, 0.4) is 0 Å². The number of piperidine rings is 1. The number of nitrogens with zero attached hydrogens (tertiary/aromatic N) is 3. The molecule has 5 heteroatoms. The fraction of sp³-hybridized carbons (Fsp3) is 0.389. The number of amides is 1. The molecule has 5 nitrogen and oxygen atoms in total. The molecule has 1 aromatic carbocycles. The number of carbonyl (C=O) groups excluding carboxylic acids is 1. The zero-order valence-electron chi connectivity index (χ0n) is 13.5. The summed E-state index contributed by atoms with van der Waals surface area (Å²) in [5.41, 5.74) is 1.48. The molecule has 23 heavy (non-hydrogen) atoms. The first-order valence-corrected chi connectivity index (χ1v) is 7.98. The number of carbonyl (C=O) groups is 1. The van der Waals surface area contributed by atoms with E-state index in [0.717, 1.165) is 31.6 Å². The van der Waals surface area contributed by atoms with Gasteiger partial charge in [-0.2, -0.15) is 0 Å². The lowest BCUT2D eigenvalue weighted by Gasteiger charge is -2.30. The van der Waals surface area contributed by atoms with Crippen LogP contribution in [0.25, 0.3) is 0 Å². The first-order valence-electron chi connectivity index (χ1n) is 7.98. The van der Waals surface area contributed by atoms with E-state index in [1.54, 1.807) is 18.3 Å².